The number of hydrogen-bond acceptors (Lipinski definition) is 11. The second-order valence-corrected chi connectivity index (χ2v) is 12.1. The monoisotopic (exact) mass is 627 g/mol. The van der Waals surface area contributed by atoms with E-state index >= 15 is 0 Å². The van der Waals surface area contributed by atoms with E-state index in [4.69, 9.17) is 9.73 Å². The van der Waals surface area contributed by atoms with Crippen molar-refractivity contribution >= 4 is 57.9 Å². The van der Waals surface area contributed by atoms with Gasteiger partial charge in [-0.15, -0.1) is 11.3 Å². The Morgan fingerprint density at radius 1 is 1.12 bits per heavy atom. The Labute approximate surface area is 256 Å². The Balaban J connectivity index is 1.59. The number of non-ortho nitro benzene ring substituents is 1. The number of ether oxygens (including phenoxy) is 1. The zero-order valence-electron chi connectivity index (χ0n) is 22.4. The minimum absolute atomic E-state index is 0.121. The summed E-state index contributed by atoms with van der Waals surface area (Å²) in [5.41, 5.74) is 1.36. The molecule has 0 aliphatic carbocycles. The molecule has 0 radical (unpaired) electrons. The van der Waals surface area contributed by atoms with Crippen LogP contribution in [0.25, 0.3) is 11.8 Å². The van der Waals surface area contributed by atoms with Gasteiger partial charge in [0.25, 0.3) is 11.2 Å². The van der Waals surface area contributed by atoms with Crippen LogP contribution < -0.4 is 14.9 Å². The first kappa shape index (κ1) is 28.4. The number of hydrogen-bond donors (Lipinski definition) is 0. The topological polar surface area (TPSA) is 130 Å². The van der Waals surface area contributed by atoms with Crippen molar-refractivity contribution in [1.82, 2.24) is 14.5 Å². The van der Waals surface area contributed by atoms with Gasteiger partial charge in [0.15, 0.2) is 9.96 Å². The third-order valence-electron chi connectivity index (χ3n) is 6.42. The fourth-order valence-electron chi connectivity index (χ4n) is 4.59. The third-order valence-corrected chi connectivity index (χ3v) is 9.31. The molecule has 1 atom stereocenters. The zero-order valence-corrected chi connectivity index (χ0v) is 24.9. The predicted molar refractivity (Wildman–Crippen MR) is 165 cm³/mol. The summed E-state index contributed by atoms with van der Waals surface area (Å²) in [5, 5.41) is 14.0. The summed E-state index contributed by atoms with van der Waals surface area (Å²) in [6.45, 7) is 1.88. The number of thiophene rings is 1. The molecule has 3 aromatic heterocycles. The fraction of sp³-hybridized carbons (Fsp3) is 0.100. The van der Waals surface area contributed by atoms with Gasteiger partial charge in [0.2, 0.25) is 0 Å². The van der Waals surface area contributed by atoms with E-state index in [2.05, 4.69) is 9.97 Å². The number of carbonyl (C=O) groups excluding carboxylic acids is 1. The maximum atomic E-state index is 14.1. The molecule has 2 aromatic carbocycles. The summed E-state index contributed by atoms with van der Waals surface area (Å²) in [6, 6.07) is 18.4. The fourth-order valence-corrected chi connectivity index (χ4v) is 7.20. The molecule has 1 aliphatic rings. The first-order chi connectivity index (χ1) is 20.9. The smallest absolute Gasteiger partial charge is 0.338 e. The standard InChI is InChI=1S/C30H21N5O5S3/c1-2-40-28(37)24-25(18-8-4-3-5-9-18)33-30-34(26(24)22-10-6-15-41-22)27(36)23(43-30)17-19-16-20(35(38)39)11-12-21(19)42-29-31-13-7-14-32-29/h3-17,26H,2H2,1H3/b23-17+/t26-/m1/s1. The van der Waals surface area contributed by atoms with Crippen molar-refractivity contribution in [2.24, 2.45) is 4.99 Å². The van der Waals surface area contributed by atoms with Gasteiger partial charge in [-0.25, -0.2) is 19.8 Å². The number of thiazole rings is 1. The van der Waals surface area contributed by atoms with Crippen LogP contribution in [0.1, 0.15) is 29.0 Å². The van der Waals surface area contributed by atoms with E-state index in [0.717, 1.165) is 16.2 Å². The van der Waals surface area contributed by atoms with Crippen molar-refractivity contribution < 1.29 is 14.5 Å². The average molecular weight is 628 g/mol. The molecule has 5 aromatic rings. The number of esters is 1. The Morgan fingerprint density at radius 2 is 1.91 bits per heavy atom. The van der Waals surface area contributed by atoms with Gasteiger partial charge in [0.05, 0.1) is 27.3 Å². The highest BCUT2D eigenvalue weighted by Crippen LogP contribution is 2.37. The maximum absolute atomic E-state index is 14.1. The van der Waals surface area contributed by atoms with Crippen molar-refractivity contribution in [2.45, 2.75) is 23.0 Å². The molecule has 10 nitrogen and oxygen atoms in total. The average Bonchev–Trinajstić information content (AvgIpc) is 3.66. The normalized spacial score (nSPS) is 14.7. The minimum Gasteiger partial charge on any atom is -0.463 e. The molecule has 0 bridgehead atoms. The molecule has 0 amide bonds. The summed E-state index contributed by atoms with van der Waals surface area (Å²) in [5.74, 6) is -0.557. The number of benzene rings is 2. The van der Waals surface area contributed by atoms with Gasteiger partial charge < -0.3 is 4.74 Å². The molecular weight excluding hydrogens is 607 g/mol. The van der Waals surface area contributed by atoms with Crippen molar-refractivity contribution in [3.63, 3.8) is 0 Å². The third kappa shape index (κ3) is 5.69. The predicted octanol–water partition coefficient (Wildman–Crippen LogP) is 4.85. The molecule has 0 spiro atoms. The highest BCUT2D eigenvalue weighted by molar-refractivity contribution is 7.99. The van der Waals surface area contributed by atoms with Gasteiger partial charge in [-0.05, 0) is 53.9 Å². The Hall–Kier alpha value is -4.72. The van der Waals surface area contributed by atoms with Crippen LogP contribution in [0.4, 0.5) is 5.69 Å². The van der Waals surface area contributed by atoms with E-state index < -0.39 is 16.9 Å². The lowest BCUT2D eigenvalue weighted by atomic mass is 9.97. The Morgan fingerprint density at radius 3 is 2.60 bits per heavy atom. The van der Waals surface area contributed by atoms with E-state index in [9.17, 15) is 19.7 Å². The van der Waals surface area contributed by atoms with E-state index in [1.165, 1.54) is 39.8 Å². The van der Waals surface area contributed by atoms with Crippen molar-refractivity contribution in [3.05, 3.63) is 136 Å². The van der Waals surface area contributed by atoms with Gasteiger partial charge in [0.1, 0.15) is 6.04 Å². The SMILES string of the molecule is CCOC(=O)C1=C(c2ccccc2)N=c2s/c(=C/c3cc([N+](=O)[O-])ccc3Sc3ncccn3)c(=O)n2[C@@H]1c1cccs1. The molecule has 4 heterocycles. The highest BCUT2D eigenvalue weighted by atomic mass is 32.2. The lowest BCUT2D eigenvalue weighted by molar-refractivity contribution is -0.384. The quantitative estimate of drug-likeness (QED) is 0.103. The molecule has 0 fully saturated rings. The molecule has 0 N–H and O–H groups in total. The molecule has 0 saturated carbocycles. The van der Waals surface area contributed by atoms with Gasteiger partial charge in [-0.1, -0.05) is 47.7 Å². The number of aromatic nitrogens is 3. The van der Waals surface area contributed by atoms with E-state index in [-0.39, 0.29) is 23.4 Å². The maximum Gasteiger partial charge on any atom is 0.338 e. The lowest BCUT2D eigenvalue weighted by Gasteiger charge is -2.24. The van der Waals surface area contributed by atoms with Crippen LogP contribution in [0.5, 0.6) is 0 Å². The molecule has 0 unspecified atom stereocenters. The molecule has 0 saturated heterocycles. The molecule has 6 rings (SSSR count). The molecule has 1 aliphatic heterocycles. The summed E-state index contributed by atoms with van der Waals surface area (Å²) in [7, 11) is 0. The first-order valence-electron chi connectivity index (χ1n) is 13.0. The second-order valence-electron chi connectivity index (χ2n) is 9.06. The van der Waals surface area contributed by atoms with Crippen LogP contribution in [-0.4, -0.2) is 32.0 Å². The van der Waals surface area contributed by atoms with Crippen LogP contribution in [0.3, 0.4) is 0 Å². The molecule has 13 heteroatoms. The van der Waals surface area contributed by atoms with Crippen molar-refractivity contribution in [2.75, 3.05) is 6.61 Å². The number of nitro benzene ring substituents is 1. The minimum atomic E-state index is -0.774. The molecular formula is C30H21N5O5S3. The van der Waals surface area contributed by atoms with Crippen LogP contribution >= 0.6 is 34.4 Å². The highest BCUT2D eigenvalue weighted by Gasteiger charge is 2.35. The molecule has 214 valence electrons. The largest absolute Gasteiger partial charge is 0.463 e. The van der Waals surface area contributed by atoms with Crippen LogP contribution in [0.2, 0.25) is 0 Å². The Kier molecular flexibility index (Phi) is 8.09. The van der Waals surface area contributed by atoms with Gasteiger partial charge >= 0.3 is 5.97 Å². The van der Waals surface area contributed by atoms with E-state index in [1.807, 2.05) is 47.8 Å². The van der Waals surface area contributed by atoms with E-state index in [1.54, 1.807) is 37.5 Å². The summed E-state index contributed by atoms with van der Waals surface area (Å²) >= 11 is 3.80. The summed E-state index contributed by atoms with van der Waals surface area (Å²) in [6.07, 6.45) is 4.83. The number of nitro groups is 1. The number of carbonyl (C=O) groups is 1. The zero-order chi connectivity index (χ0) is 29.9. The van der Waals surface area contributed by atoms with Gasteiger partial charge in [-0.2, -0.15) is 0 Å². The number of nitrogens with zero attached hydrogens (tertiary/aromatic N) is 5. The van der Waals surface area contributed by atoms with Crippen molar-refractivity contribution in [1.29, 1.82) is 0 Å². The lowest BCUT2D eigenvalue weighted by Crippen LogP contribution is -2.39. The summed E-state index contributed by atoms with van der Waals surface area (Å²) in [4.78, 5) is 53.9. The Bertz CT molecular complexity index is 2040. The van der Waals surface area contributed by atoms with Crippen LogP contribution in [-0.2, 0) is 9.53 Å². The first-order valence-corrected chi connectivity index (χ1v) is 15.5. The number of rotatable bonds is 8. The van der Waals surface area contributed by atoms with E-state index in [0.29, 0.717) is 36.2 Å². The summed E-state index contributed by atoms with van der Waals surface area (Å²) < 4.78 is 7.28. The van der Waals surface area contributed by atoms with Crippen molar-refractivity contribution in [3.8, 4) is 0 Å². The molecule has 43 heavy (non-hydrogen) atoms. The number of fused-ring (bicyclic) bond motifs is 1. The van der Waals surface area contributed by atoms with Gasteiger partial charge in [-0.3, -0.25) is 19.5 Å². The van der Waals surface area contributed by atoms with Crippen LogP contribution in [0.15, 0.2) is 110 Å². The van der Waals surface area contributed by atoms with Gasteiger partial charge in [0, 0.05) is 39.9 Å². The van der Waals surface area contributed by atoms with Crippen LogP contribution in [0, 0.1) is 10.1 Å². The second kappa shape index (κ2) is 12.3.